The highest BCUT2D eigenvalue weighted by atomic mass is 32.1. The molecule has 17 heavy (non-hydrogen) atoms. The van der Waals surface area contributed by atoms with Gasteiger partial charge in [0.2, 0.25) is 0 Å². The third-order valence-electron chi connectivity index (χ3n) is 4.31. The molecule has 3 rings (SSSR count). The van der Waals surface area contributed by atoms with Crippen molar-refractivity contribution in [3.8, 4) is 0 Å². The molecule has 94 valence electrons. The van der Waals surface area contributed by atoms with E-state index in [1.807, 2.05) is 11.3 Å². The number of nitrogens with two attached hydrogens (primary N) is 1. The lowest BCUT2D eigenvalue weighted by Crippen LogP contribution is -2.19. The Morgan fingerprint density at radius 2 is 2.29 bits per heavy atom. The standard InChI is InChI=1S/C13H21N3S/c1-9-11(10-3-6-16(2)7-10)15-12(17-9)13(8-14)4-5-13/h10H,3-8,14H2,1-2H3. The van der Waals surface area contributed by atoms with E-state index < -0.39 is 0 Å². The maximum Gasteiger partial charge on any atom is 0.101 e. The van der Waals surface area contributed by atoms with Gasteiger partial charge >= 0.3 is 0 Å². The molecule has 2 aliphatic rings. The number of thiazole rings is 1. The van der Waals surface area contributed by atoms with Gasteiger partial charge in [-0.15, -0.1) is 11.3 Å². The second-order valence-electron chi connectivity index (χ2n) is 5.69. The van der Waals surface area contributed by atoms with Crippen molar-refractivity contribution < 1.29 is 0 Å². The van der Waals surface area contributed by atoms with Gasteiger partial charge in [-0.05, 0) is 39.8 Å². The van der Waals surface area contributed by atoms with Crippen molar-refractivity contribution in [3.05, 3.63) is 15.6 Å². The van der Waals surface area contributed by atoms with E-state index in [0.29, 0.717) is 5.92 Å². The van der Waals surface area contributed by atoms with Crippen LogP contribution in [0.3, 0.4) is 0 Å². The molecule has 1 saturated carbocycles. The predicted molar refractivity (Wildman–Crippen MR) is 71.7 cm³/mol. The molecule has 0 spiro atoms. The number of nitrogens with zero attached hydrogens (tertiary/aromatic N) is 2. The fourth-order valence-electron chi connectivity index (χ4n) is 2.83. The van der Waals surface area contributed by atoms with Crippen molar-refractivity contribution in [1.82, 2.24) is 9.88 Å². The summed E-state index contributed by atoms with van der Waals surface area (Å²) in [6.07, 6.45) is 3.73. The van der Waals surface area contributed by atoms with Crippen LogP contribution in [-0.2, 0) is 5.41 Å². The minimum absolute atomic E-state index is 0.262. The highest BCUT2D eigenvalue weighted by Crippen LogP contribution is 2.49. The van der Waals surface area contributed by atoms with Crippen LogP contribution in [-0.4, -0.2) is 36.6 Å². The quantitative estimate of drug-likeness (QED) is 0.891. The Kier molecular flexibility index (Phi) is 2.76. The summed E-state index contributed by atoms with van der Waals surface area (Å²) in [4.78, 5) is 8.76. The zero-order valence-corrected chi connectivity index (χ0v) is 11.5. The first-order valence-corrected chi connectivity index (χ1v) is 7.33. The summed E-state index contributed by atoms with van der Waals surface area (Å²) in [7, 11) is 2.20. The predicted octanol–water partition coefficient (Wildman–Crippen LogP) is 1.86. The van der Waals surface area contributed by atoms with Crippen LogP contribution in [0.4, 0.5) is 0 Å². The fourth-order valence-corrected chi connectivity index (χ4v) is 4.08. The molecule has 1 aliphatic carbocycles. The monoisotopic (exact) mass is 251 g/mol. The van der Waals surface area contributed by atoms with Gasteiger partial charge in [0.1, 0.15) is 5.01 Å². The lowest BCUT2D eigenvalue weighted by Gasteiger charge is -2.09. The van der Waals surface area contributed by atoms with Crippen molar-refractivity contribution in [2.75, 3.05) is 26.7 Å². The molecule has 1 aromatic rings. The maximum absolute atomic E-state index is 5.89. The summed E-state index contributed by atoms with van der Waals surface area (Å²) in [5.74, 6) is 0.651. The van der Waals surface area contributed by atoms with Crippen LogP contribution in [0.5, 0.6) is 0 Å². The van der Waals surface area contributed by atoms with Crippen molar-refractivity contribution in [1.29, 1.82) is 0 Å². The molecule has 4 heteroatoms. The maximum atomic E-state index is 5.89. The van der Waals surface area contributed by atoms with Crippen molar-refractivity contribution >= 4 is 11.3 Å². The molecule has 0 radical (unpaired) electrons. The van der Waals surface area contributed by atoms with Crippen LogP contribution in [0, 0.1) is 6.92 Å². The minimum Gasteiger partial charge on any atom is -0.329 e. The molecule has 1 aromatic heterocycles. The highest BCUT2D eigenvalue weighted by molar-refractivity contribution is 7.11. The Bertz CT molecular complexity index is 422. The van der Waals surface area contributed by atoms with Crippen LogP contribution < -0.4 is 5.73 Å². The average Bonchev–Trinajstić information content (AvgIpc) is 2.85. The molecule has 1 atom stereocenters. The first-order chi connectivity index (χ1) is 8.14. The Labute approximate surface area is 107 Å². The molecule has 2 fully saturated rings. The fraction of sp³-hybridized carbons (Fsp3) is 0.769. The number of aryl methyl sites for hydroxylation is 1. The lowest BCUT2D eigenvalue weighted by atomic mass is 10.0. The SMILES string of the molecule is Cc1sc(C2(CN)CC2)nc1C1CCN(C)C1. The number of likely N-dealkylation sites (N-methyl/N-ethyl adjacent to an activating group) is 1. The Balaban J connectivity index is 1.86. The van der Waals surface area contributed by atoms with Gasteiger partial charge in [-0.25, -0.2) is 4.98 Å². The molecule has 2 N–H and O–H groups in total. The number of likely N-dealkylation sites (tertiary alicyclic amines) is 1. The van der Waals surface area contributed by atoms with Gasteiger partial charge in [0.15, 0.2) is 0 Å². The van der Waals surface area contributed by atoms with Gasteiger partial charge in [-0.3, -0.25) is 0 Å². The van der Waals surface area contributed by atoms with Crippen LogP contribution in [0.15, 0.2) is 0 Å². The summed E-state index contributed by atoms with van der Waals surface area (Å²) in [6, 6.07) is 0. The zero-order valence-electron chi connectivity index (χ0n) is 10.7. The van der Waals surface area contributed by atoms with E-state index in [0.717, 1.165) is 6.54 Å². The largest absolute Gasteiger partial charge is 0.329 e. The Morgan fingerprint density at radius 3 is 2.82 bits per heavy atom. The van der Waals surface area contributed by atoms with E-state index in [1.165, 1.54) is 47.9 Å². The molecule has 2 heterocycles. The van der Waals surface area contributed by atoms with E-state index in [1.54, 1.807) is 0 Å². The van der Waals surface area contributed by atoms with Gasteiger partial charge in [-0.1, -0.05) is 0 Å². The molecular weight excluding hydrogens is 230 g/mol. The molecule has 1 unspecified atom stereocenters. The van der Waals surface area contributed by atoms with Crippen molar-refractivity contribution in [2.24, 2.45) is 5.73 Å². The minimum atomic E-state index is 0.262. The van der Waals surface area contributed by atoms with E-state index >= 15 is 0 Å². The normalized spacial score (nSPS) is 27.6. The summed E-state index contributed by atoms with van der Waals surface area (Å²) in [5, 5.41) is 1.31. The topological polar surface area (TPSA) is 42.1 Å². The van der Waals surface area contributed by atoms with Crippen LogP contribution in [0.2, 0.25) is 0 Å². The molecule has 1 aliphatic heterocycles. The molecule has 1 saturated heterocycles. The van der Waals surface area contributed by atoms with Gasteiger partial charge < -0.3 is 10.6 Å². The first-order valence-electron chi connectivity index (χ1n) is 6.51. The van der Waals surface area contributed by atoms with Crippen LogP contribution in [0.25, 0.3) is 0 Å². The number of rotatable bonds is 3. The van der Waals surface area contributed by atoms with E-state index in [9.17, 15) is 0 Å². The zero-order chi connectivity index (χ0) is 12.0. The van der Waals surface area contributed by atoms with E-state index in [-0.39, 0.29) is 5.41 Å². The molecule has 3 nitrogen and oxygen atoms in total. The molecule has 0 aromatic carbocycles. The summed E-state index contributed by atoms with van der Waals surface area (Å²) < 4.78 is 0. The molecule has 0 amide bonds. The van der Waals surface area contributed by atoms with Crippen molar-refractivity contribution in [2.45, 2.75) is 37.5 Å². The molecule has 0 bridgehead atoms. The van der Waals surface area contributed by atoms with Gasteiger partial charge in [0.25, 0.3) is 0 Å². The van der Waals surface area contributed by atoms with Crippen LogP contribution >= 0.6 is 11.3 Å². The second-order valence-corrected chi connectivity index (χ2v) is 6.90. The van der Waals surface area contributed by atoms with Gasteiger partial charge in [0, 0.05) is 29.3 Å². The summed E-state index contributed by atoms with van der Waals surface area (Å²) in [6.45, 7) is 5.37. The Hall–Kier alpha value is -0.450. The van der Waals surface area contributed by atoms with Gasteiger partial charge in [-0.2, -0.15) is 0 Å². The smallest absolute Gasteiger partial charge is 0.101 e. The third kappa shape index (κ3) is 1.92. The third-order valence-corrected chi connectivity index (χ3v) is 5.54. The Morgan fingerprint density at radius 1 is 1.53 bits per heavy atom. The van der Waals surface area contributed by atoms with Gasteiger partial charge in [0.05, 0.1) is 5.69 Å². The summed E-state index contributed by atoms with van der Waals surface area (Å²) in [5.41, 5.74) is 7.51. The van der Waals surface area contributed by atoms with E-state index in [2.05, 4.69) is 18.9 Å². The number of hydrogen-bond donors (Lipinski definition) is 1. The number of hydrogen-bond acceptors (Lipinski definition) is 4. The summed E-state index contributed by atoms with van der Waals surface area (Å²) >= 11 is 1.89. The average molecular weight is 251 g/mol. The molecular formula is C13H21N3S. The highest BCUT2D eigenvalue weighted by Gasteiger charge is 2.46. The first kappa shape index (κ1) is 11.6. The number of aromatic nitrogens is 1. The lowest BCUT2D eigenvalue weighted by molar-refractivity contribution is 0.410. The van der Waals surface area contributed by atoms with Crippen molar-refractivity contribution in [3.63, 3.8) is 0 Å². The second kappa shape index (κ2) is 4.04. The van der Waals surface area contributed by atoms with Crippen LogP contribution in [0.1, 0.15) is 40.8 Å². The van der Waals surface area contributed by atoms with E-state index in [4.69, 9.17) is 10.7 Å².